The van der Waals surface area contributed by atoms with E-state index >= 15 is 0 Å². The second-order valence-electron chi connectivity index (χ2n) is 5.41. The van der Waals surface area contributed by atoms with Gasteiger partial charge < -0.3 is 5.73 Å². The van der Waals surface area contributed by atoms with Crippen molar-refractivity contribution in [3.63, 3.8) is 0 Å². The van der Waals surface area contributed by atoms with E-state index in [1.807, 2.05) is 24.3 Å². The number of nitrogens with two attached hydrogens (primary N) is 1. The molecule has 4 nitrogen and oxygen atoms in total. The lowest BCUT2D eigenvalue weighted by Gasteiger charge is -2.13. The molecule has 0 unspecified atom stereocenters. The topological polar surface area (TPSA) is 72.2 Å². The van der Waals surface area contributed by atoms with E-state index in [4.69, 9.17) is 5.73 Å². The molecule has 112 valence electrons. The maximum absolute atomic E-state index is 11.9. The van der Waals surface area contributed by atoms with Crippen LogP contribution in [-0.4, -0.2) is 26.5 Å². The molecular formula is C14H22N2O2S2. The molecule has 3 N–H and O–H groups in total. The third kappa shape index (κ3) is 4.68. The van der Waals surface area contributed by atoms with Crippen molar-refractivity contribution in [2.45, 2.75) is 31.1 Å². The first-order valence-electron chi connectivity index (χ1n) is 6.90. The second-order valence-corrected chi connectivity index (χ2v) is 8.51. The summed E-state index contributed by atoms with van der Waals surface area (Å²) in [6, 6.07) is 7.50. The maximum atomic E-state index is 11.9. The predicted molar refractivity (Wildman–Crippen MR) is 85.3 cm³/mol. The molecule has 0 radical (unpaired) electrons. The number of nitrogens with one attached hydrogen (secondary N) is 1. The molecule has 1 fully saturated rings. The standard InChI is InChI=1S/C14H22N2O2S2/c1-2-14(6-7-14)11-16-20(17,18)9-8-19-13-5-3-4-12(15)10-13/h3-5,10,16H,2,6-9,11,15H2,1H3. The van der Waals surface area contributed by atoms with Crippen LogP contribution in [0.2, 0.25) is 0 Å². The van der Waals surface area contributed by atoms with Crippen LogP contribution in [0.25, 0.3) is 0 Å². The van der Waals surface area contributed by atoms with Crippen LogP contribution in [0.3, 0.4) is 0 Å². The Hall–Kier alpha value is -0.720. The zero-order valence-electron chi connectivity index (χ0n) is 11.8. The minimum absolute atomic E-state index is 0.145. The average molecular weight is 314 g/mol. The van der Waals surface area contributed by atoms with Crippen LogP contribution in [0.1, 0.15) is 26.2 Å². The Morgan fingerprint density at radius 3 is 2.75 bits per heavy atom. The van der Waals surface area contributed by atoms with Gasteiger partial charge in [-0.15, -0.1) is 11.8 Å². The molecule has 1 saturated carbocycles. The maximum Gasteiger partial charge on any atom is 0.212 e. The minimum Gasteiger partial charge on any atom is -0.399 e. The molecule has 20 heavy (non-hydrogen) atoms. The highest BCUT2D eigenvalue weighted by Crippen LogP contribution is 2.47. The molecular weight excluding hydrogens is 292 g/mol. The quantitative estimate of drug-likeness (QED) is 0.571. The number of anilines is 1. The van der Waals surface area contributed by atoms with Gasteiger partial charge in [-0.2, -0.15) is 0 Å². The number of rotatable bonds is 8. The van der Waals surface area contributed by atoms with E-state index in [-0.39, 0.29) is 11.2 Å². The van der Waals surface area contributed by atoms with Crippen molar-refractivity contribution in [1.29, 1.82) is 0 Å². The smallest absolute Gasteiger partial charge is 0.212 e. The summed E-state index contributed by atoms with van der Waals surface area (Å²) in [6.07, 6.45) is 3.34. The number of benzene rings is 1. The SMILES string of the molecule is CCC1(CNS(=O)(=O)CCSc2cccc(N)c2)CC1. The van der Waals surface area contributed by atoms with Gasteiger partial charge in [0.2, 0.25) is 10.0 Å². The lowest BCUT2D eigenvalue weighted by molar-refractivity contribution is 0.476. The lowest BCUT2D eigenvalue weighted by Crippen LogP contribution is -2.32. The summed E-state index contributed by atoms with van der Waals surface area (Å²) in [5, 5.41) is 0. The molecule has 0 atom stereocenters. The van der Waals surface area contributed by atoms with Gasteiger partial charge in [0, 0.05) is 22.9 Å². The molecule has 0 heterocycles. The highest BCUT2D eigenvalue weighted by Gasteiger charge is 2.41. The first-order chi connectivity index (χ1) is 9.45. The van der Waals surface area contributed by atoms with Gasteiger partial charge in [0.15, 0.2) is 0 Å². The molecule has 1 aliphatic rings. The van der Waals surface area contributed by atoms with E-state index in [2.05, 4.69) is 11.6 Å². The normalized spacial score (nSPS) is 17.1. The summed E-state index contributed by atoms with van der Waals surface area (Å²) in [5.41, 5.74) is 6.64. The van der Waals surface area contributed by atoms with Gasteiger partial charge in [-0.3, -0.25) is 0 Å². The largest absolute Gasteiger partial charge is 0.399 e. The van der Waals surface area contributed by atoms with Crippen LogP contribution in [0.4, 0.5) is 5.69 Å². The third-order valence-electron chi connectivity index (χ3n) is 3.85. The molecule has 2 rings (SSSR count). The molecule has 0 spiro atoms. The van der Waals surface area contributed by atoms with Crippen LogP contribution in [0.15, 0.2) is 29.2 Å². The van der Waals surface area contributed by atoms with Crippen LogP contribution >= 0.6 is 11.8 Å². The molecule has 0 saturated heterocycles. The van der Waals surface area contributed by atoms with Gasteiger partial charge in [-0.25, -0.2) is 13.1 Å². The Balaban J connectivity index is 1.75. The van der Waals surface area contributed by atoms with E-state index in [0.717, 1.165) is 24.2 Å². The van der Waals surface area contributed by atoms with Crippen LogP contribution in [0, 0.1) is 5.41 Å². The van der Waals surface area contributed by atoms with Crippen molar-refractivity contribution >= 4 is 27.5 Å². The summed E-state index contributed by atoms with van der Waals surface area (Å²) < 4.78 is 26.6. The molecule has 1 aromatic rings. The fourth-order valence-electron chi connectivity index (χ4n) is 2.04. The van der Waals surface area contributed by atoms with Gasteiger partial charge in [-0.05, 0) is 42.9 Å². The summed E-state index contributed by atoms with van der Waals surface area (Å²) in [7, 11) is -3.17. The van der Waals surface area contributed by atoms with Crippen molar-refractivity contribution in [2.75, 3.05) is 23.8 Å². The predicted octanol–water partition coefficient (Wildman–Crippen LogP) is 2.47. The number of nitrogen functional groups attached to an aromatic ring is 1. The van der Waals surface area contributed by atoms with E-state index in [0.29, 0.717) is 18.0 Å². The second kappa shape index (κ2) is 6.37. The minimum atomic E-state index is -3.17. The van der Waals surface area contributed by atoms with Crippen molar-refractivity contribution in [2.24, 2.45) is 5.41 Å². The van der Waals surface area contributed by atoms with E-state index < -0.39 is 10.0 Å². The van der Waals surface area contributed by atoms with Crippen molar-refractivity contribution in [1.82, 2.24) is 4.72 Å². The zero-order valence-corrected chi connectivity index (χ0v) is 13.4. The first-order valence-corrected chi connectivity index (χ1v) is 9.54. The molecule has 0 bridgehead atoms. The summed E-state index contributed by atoms with van der Waals surface area (Å²) in [4.78, 5) is 1.01. The fourth-order valence-corrected chi connectivity index (χ4v) is 4.55. The Bertz CT molecular complexity index is 554. The summed E-state index contributed by atoms with van der Waals surface area (Å²) in [6.45, 7) is 2.71. The number of thioether (sulfide) groups is 1. The van der Waals surface area contributed by atoms with Gasteiger partial charge in [0.1, 0.15) is 0 Å². The molecule has 0 aliphatic heterocycles. The number of hydrogen-bond donors (Lipinski definition) is 2. The van der Waals surface area contributed by atoms with E-state index in [9.17, 15) is 8.42 Å². The summed E-state index contributed by atoms with van der Waals surface area (Å²) in [5.74, 6) is 0.685. The molecule has 1 aromatic carbocycles. The molecule has 1 aliphatic carbocycles. The van der Waals surface area contributed by atoms with Crippen LogP contribution in [-0.2, 0) is 10.0 Å². The average Bonchev–Trinajstić information content (AvgIpc) is 3.17. The fraction of sp³-hybridized carbons (Fsp3) is 0.571. The monoisotopic (exact) mass is 314 g/mol. The number of hydrogen-bond acceptors (Lipinski definition) is 4. The van der Waals surface area contributed by atoms with Crippen LogP contribution in [0.5, 0.6) is 0 Å². The molecule has 0 amide bonds. The van der Waals surface area contributed by atoms with Gasteiger partial charge in [0.25, 0.3) is 0 Å². The van der Waals surface area contributed by atoms with Crippen LogP contribution < -0.4 is 10.5 Å². The first kappa shape index (κ1) is 15.7. The third-order valence-corrected chi connectivity index (χ3v) is 6.43. The Morgan fingerprint density at radius 1 is 1.40 bits per heavy atom. The highest BCUT2D eigenvalue weighted by molar-refractivity contribution is 8.00. The highest BCUT2D eigenvalue weighted by atomic mass is 32.2. The summed E-state index contributed by atoms with van der Waals surface area (Å²) >= 11 is 1.52. The van der Waals surface area contributed by atoms with Gasteiger partial charge in [0.05, 0.1) is 5.75 Å². The van der Waals surface area contributed by atoms with Crippen molar-refractivity contribution in [3.05, 3.63) is 24.3 Å². The Labute approximate surface area is 125 Å². The van der Waals surface area contributed by atoms with E-state index in [1.54, 1.807) is 0 Å². The van der Waals surface area contributed by atoms with Crippen molar-refractivity contribution < 1.29 is 8.42 Å². The Morgan fingerprint density at radius 2 is 2.15 bits per heavy atom. The van der Waals surface area contributed by atoms with Gasteiger partial charge >= 0.3 is 0 Å². The molecule has 6 heteroatoms. The Kier molecular flexibility index (Phi) is 4.99. The van der Waals surface area contributed by atoms with E-state index in [1.165, 1.54) is 11.8 Å². The zero-order chi connectivity index (χ0) is 14.6. The molecule has 0 aromatic heterocycles. The number of sulfonamides is 1. The van der Waals surface area contributed by atoms with Crippen molar-refractivity contribution in [3.8, 4) is 0 Å². The lowest BCUT2D eigenvalue weighted by atomic mass is 10.1. The van der Waals surface area contributed by atoms with Gasteiger partial charge in [-0.1, -0.05) is 13.0 Å².